The van der Waals surface area contributed by atoms with Crippen LogP contribution in [0.25, 0.3) is 0 Å². The van der Waals surface area contributed by atoms with Crippen LogP contribution in [-0.2, 0) is 19.3 Å². The lowest BCUT2D eigenvalue weighted by Crippen LogP contribution is -2.06. The molecule has 2 heteroatoms. The van der Waals surface area contributed by atoms with E-state index in [0.717, 1.165) is 13.0 Å². The maximum atomic E-state index is 5.54. The third kappa shape index (κ3) is 1.27. The number of aromatic amines is 1. The molecule has 0 saturated carbocycles. The SMILES string of the molecule is NCCc1c[nH]c2c1CCCC2. The van der Waals surface area contributed by atoms with E-state index < -0.39 is 0 Å². The first-order valence-electron chi connectivity index (χ1n) is 4.80. The Balaban J connectivity index is 2.25. The Hall–Kier alpha value is -0.760. The molecule has 2 nitrogen and oxygen atoms in total. The van der Waals surface area contributed by atoms with E-state index in [-0.39, 0.29) is 0 Å². The number of H-pyrrole nitrogens is 1. The van der Waals surface area contributed by atoms with Crippen molar-refractivity contribution in [3.63, 3.8) is 0 Å². The molecule has 0 bridgehead atoms. The molecule has 66 valence electrons. The second kappa shape index (κ2) is 3.31. The number of aryl methyl sites for hydroxylation is 1. The minimum absolute atomic E-state index is 0.768. The molecule has 0 unspecified atom stereocenters. The lowest BCUT2D eigenvalue weighted by Gasteiger charge is -2.12. The van der Waals surface area contributed by atoms with E-state index in [1.54, 1.807) is 5.56 Å². The Morgan fingerprint density at radius 2 is 2.17 bits per heavy atom. The van der Waals surface area contributed by atoms with Crippen LogP contribution in [0.4, 0.5) is 0 Å². The number of nitrogens with two attached hydrogens (primary N) is 1. The second-order valence-corrected chi connectivity index (χ2v) is 3.52. The smallest absolute Gasteiger partial charge is 0.0182 e. The highest BCUT2D eigenvalue weighted by atomic mass is 14.7. The maximum absolute atomic E-state index is 5.54. The highest BCUT2D eigenvalue weighted by Crippen LogP contribution is 2.23. The van der Waals surface area contributed by atoms with Crippen LogP contribution < -0.4 is 5.73 Å². The summed E-state index contributed by atoms with van der Waals surface area (Å²) < 4.78 is 0. The van der Waals surface area contributed by atoms with E-state index in [2.05, 4.69) is 11.2 Å². The Morgan fingerprint density at radius 1 is 1.33 bits per heavy atom. The van der Waals surface area contributed by atoms with Gasteiger partial charge in [-0.1, -0.05) is 0 Å². The van der Waals surface area contributed by atoms with Gasteiger partial charge >= 0.3 is 0 Å². The van der Waals surface area contributed by atoms with Gasteiger partial charge in [-0.3, -0.25) is 0 Å². The van der Waals surface area contributed by atoms with Crippen molar-refractivity contribution in [2.45, 2.75) is 32.1 Å². The first-order valence-corrected chi connectivity index (χ1v) is 4.80. The third-order valence-electron chi connectivity index (χ3n) is 2.69. The Bertz CT molecular complexity index is 263. The molecule has 0 radical (unpaired) electrons. The van der Waals surface area contributed by atoms with Crippen molar-refractivity contribution in [1.29, 1.82) is 0 Å². The maximum Gasteiger partial charge on any atom is 0.0182 e. The van der Waals surface area contributed by atoms with Crippen molar-refractivity contribution < 1.29 is 0 Å². The van der Waals surface area contributed by atoms with Crippen LogP contribution in [-0.4, -0.2) is 11.5 Å². The zero-order valence-electron chi connectivity index (χ0n) is 7.40. The van der Waals surface area contributed by atoms with Crippen molar-refractivity contribution in [3.8, 4) is 0 Å². The standard InChI is InChI=1S/C10H16N2/c11-6-5-8-7-12-10-4-2-1-3-9(8)10/h7,12H,1-6,11H2. The van der Waals surface area contributed by atoms with Crippen LogP contribution in [0, 0.1) is 0 Å². The fraction of sp³-hybridized carbons (Fsp3) is 0.600. The van der Waals surface area contributed by atoms with Gasteiger partial charge in [0.2, 0.25) is 0 Å². The number of hydrogen-bond donors (Lipinski definition) is 2. The van der Waals surface area contributed by atoms with Crippen LogP contribution in [0.1, 0.15) is 29.7 Å². The van der Waals surface area contributed by atoms with E-state index >= 15 is 0 Å². The lowest BCUT2D eigenvalue weighted by molar-refractivity contribution is 0.672. The first-order chi connectivity index (χ1) is 5.92. The summed E-state index contributed by atoms with van der Waals surface area (Å²) in [5.41, 5.74) is 10.0. The fourth-order valence-electron chi connectivity index (χ4n) is 2.06. The summed E-state index contributed by atoms with van der Waals surface area (Å²) >= 11 is 0. The number of hydrogen-bond acceptors (Lipinski definition) is 1. The van der Waals surface area contributed by atoms with Gasteiger partial charge in [0.15, 0.2) is 0 Å². The molecule has 12 heavy (non-hydrogen) atoms. The Labute approximate surface area is 73.2 Å². The van der Waals surface area contributed by atoms with Crippen molar-refractivity contribution in [3.05, 3.63) is 23.0 Å². The summed E-state index contributed by atoms with van der Waals surface area (Å²) in [5.74, 6) is 0. The van der Waals surface area contributed by atoms with E-state index in [1.807, 2.05) is 0 Å². The predicted molar refractivity (Wildman–Crippen MR) is 50.2 cm³/mol. The van der Waals surface area contributed by atoms with Crippen molar-refractivity contribution in [2.24, 2.45) is 5.73 Å². The minimum Gasteiger partial charge on any atom is -0.364 e. The summed E-state index contributed by atoms with van der Waals surface area (Å²) in [6.45, 7) is 0.768. The van der Waals surface area contributed by atoms with E-state index in [1.165, 1.54) is 36.9 Å². The van der Waals surface area contributed by atoms with Crippen molar-refractivity contribution >= 4 is 0 Å². The van der Waals surface area contributed by atoms with Crippen LogP contribution in [0.2, 0.25) is 0 Å². The molecule has 3 N–H and O–H groups in total. The second-order valence-electron chi connectivity index (χ2n) is 3.52. The summed E-state index contributed by atoms with van der Waals surface area (Å²) in [7, 11) is 0. The fourth-order valence-corrected chi connectivity index (χ4v) is 2.06. The monoisotopic (exact) mass is 164 g/mol. The summed E-state index contributed by atoms with van der Waals surface area (Å²) in [6.07, 6.45) is 8.36. The molecule has 1 aliphatic rings. The van der Waals surface area contributed by atoms with Gasteiger partial charge in [0.1, 0.15) is 0 Å². The number of aromatic nitrogens is 1. The molecule has 0 aliphatic heterocycles. The molecule has 0 saturated heterocycles. The highest BCUT2D eigenvalue weighted by Gasteiger charge is 2.13. The Kier molecular flexibility index (Phi) is 2.17. The molecule has 0 spiro atoms. The summed E-state index contributed by atoms with van der Waals surface area (Å²) in [6, 6.07) is 0. The molecule has 1 aromatic heterocycles. The molecule has 1 aromatic rings. The Morgan fingerprint density at radius 3 is 3.00 bits per heavy atom. The number of rotatable bonds is 2. The molecule has 0 aromatic carbocycles. The van der Waals surface area contributed by atoms with Gasteiger partial charge in [0.25, 0.3) is 0 Å². The van der Waals surface area contributed by atoms with E-state index in [9.17, 15) is 0 Å². The molecule has 0 atom stereocenters. The molecular formula is C10H16N2. The lowest BCUT2D eigenvalue weighted by atomic mass is 9.94. The van der Waals surface area contributed by atoms with Gasteiger partial charge in [-0.25, -0.2) is 0 Å². The van der Waals surface area contributed by atoms with Gasteiger partial charge in [-0.05, 0) is 49.8 Å². The molecular weight excluding hydrogens is 148 g/mol. The number of nitrogens with one attached hydrogen (secondary N) is 1. The average molecular weight is 164 g/mol. The van der Waals surface area contributed by atoms with Gasteiger partial charge in [0.05, 0.1) is 0 Å². The zero-order chi connectivity index (χ0) is 8.39. The normalized spacial score (nSPS) is 16.1. The van der Waals surface area contributed by atoms with Crippen LogP contribution >= 0.6 is 0 Å². The first kappa shape index (κ1) is 7.87. The van der Waals surface area contributed by atoms with Gasteiger partial charge in [-0.2, -0.15) is 0 Å². The third-order valence-corrected chi connectivity index (χ3v) is 2.69. The molecule has 0 fully saturated rings. The summed E-state index contributed by atoms with van der Waals surface area (Å²) in [5, 5.41) is 0. The largest absolute Gasteiger partial charge is 0.364 e. The molecule has 0 amide bonds. The predicted octanol–water partition coefficient (Wildman–Crippen LogP) is 1.39. The van der Waals surface area contributed by atoms with Crippen LogP contribution in [0.15, 0.2) is 6.20 Å². The van der Waals surface area contributed by atoms with Crippen molar-refractivity contribution in [1.82, 2.24) is 4.98 Å². The highest BCUT2D eigenvalue weighted by molar-refractivity contribution is 5.33. The quantitative estimate of drug-likeness (QED) is 0.681. The molecule has 1 heterocycles. The van der Waals surface area contributed by atoms with Crippen LogP contribution in [0.3, 0.4) is 0 Å². The van der Waals surface area contributed by atoms with Crippen LogP contribution in [0.5, 0.6) is 0 Å². The molecule has 1 aliphatic carbocycles. The zero-order valence-corrected chi connectivity index (χ0v) is 7.40. The molecule has 2 rings (SSSR count). The number of fused-ring (bicyclic) bond motifs is 1. The minimum atomic E-state index is 0.768. The van der Waals surface area contributed by atoms with Gasteiger partial charge in [-0.15, -0.1) is 0 Å². The van der Waals surface area contributed by atoms with Gasteiger partial charge in [0, 0.05) is 11.9 Å². The van der Waals surface area contributed by atoms with E-state index in [0.29, 0.717) is 0 Å². The summed E-state index contributed by atoms with van der Waals surface area (Å²) in [4.78, 5) is 3.36. The average Bonchev–Trinajstić information content (AvgIpc) is 2.50. The van der Waals surface area contributed by atoms with Crippen molar-refractivity contribution in [2.75, 3.05) is 6.54 Å². The van der Waals surface area contributed by atoms with Gasteiger partial charge < -0.3 is 10.7 Å². The van der Waals surface area contributed by atoms with E-state index in [4.69, 9.17) is 5.73 Å². The topological polar surface area (TPSA) is 41.8 Å².